The van der Waals surface area contributed by atoms with E-state index in [0.717, 1.165) is 0 Å². The molecule has 0 atom stereocenters. The topological polar surface area (TPSA) is 82.0 Å². The zero-order valence-corrected chi connectivity index (χ0v) is 8.80. The third kappa shape index (κ3) is 2.94. The summed E-state index contributed by atoms with van der Waals surface area (Å²) in [4.78, 5) is 22.5. The third-order valence-electron chi connectivity index (χ3n) is 2.41. The molecule has 2 amide bonds. The molecule has 0 radical (unpaired) electrons. The van der Waals surface area contributed by atoms with Crippen LogP contribution < -0.4 is 10.6 Å². The summed E-state index contributed by atoms with van der Waals surface area (Å²) in [7, 11) is 0. The van der Waals surface area contributed by atoms with Crippen LogP contribution in [0.15, 0.2) is 0 Å². The highest BCUT2D eigenvalue weighted by Crippen LogP contribution is 2.44. The second kappa shape index (κ2) is 4.78. The lowest BCUT2D eigenvalue weighted by molar-refractivity contribution is -0.124. The van der Waals surface area contributed by atoms with Crippen molar-refractivity contribution in [2.75, 3.05) is 13.1 Å². The Morgan fingerprint density at radius 3 is 2.53 bits per heavy atom. The van der Waals surface area contributed by atoms with E-state index in [9.17, 15) is 9.59 Å². The molecule has 1 aliphatic rings. The lowest BCUT2D eigenvalue weighted by Gasteiger charge is -2.07. The monoisotopic (exact) mass is 209 g/mol. The van der Waals surface area contributed by atoms with Crippen LogP contribution >= 0.6 is 0 Å². The van der Waals surface area contributed by atoms with Gasteiger partial charge in [-0.15, -0.1) is 0 Å². The predicted molar refractivity (Wildman–Crippen MR) is 53.6 cm³/mol. The van der Waals surface area contributed by atoms with Gasteiger partial charge < -0.3 is 10.6 Å². The van der Waals surface area contributed by atoms with Crippen molar-refractivity contribution in [2.24, 2.45) is 5.41 Å². The molecule has 1 aliphatic carbocycles. The van der Waals surface area contributed by atoms with Gasteiger partial charge >= 0.3 is 0 Å². The van der Waals surface area contributed by atoms with Gasteiger partial charge in [0.05, 0.1) is 6.07 Å². The van der Waals surface area contributed by atoms with Gasteiger partial charge in [-0.25, -0.2) is 0 Å². The molecule has 1 saturated carbocycles. The minimum Gasteiger partial charge on any atom is -0.356 e. The summed E-state index contributed by atoms with van der Waals surface area (Å²) in [6, 6.07) is 2.00. The Morgan fingerprint density at radius 2 is 2.07 bits per heavy atom. The van der Waals surface area contributed by atoms with Gasteiger partial charge in [-0.1, -0.05) is 0 Å². The van der Waals surface area contributed by atoms with Gasteiger partial charge in [-0.3, -0.25) is 9.59 Å². The van der Waals surface area contributed by atoms with Gasteiger partial charge in [0.25, 0.3) is 0 Å². The molecular formula is C10H15N3O2. The van der Waals surface area contributed by atoms with E-state index in [4.69, 9.17) is 5.26 Å². The fraction of sp³-hybridized carbons (Fsp3) is 0.700. The molecule has 1 rings (SSSR count). The predicted octanol–water partition coefficient (Wildman–Crippen LogP) is -0.0674. The molecule has 0 unspecified atom stereocenters. The van der Waals surface area contributed by atoms with Gasteiger partial charge in [0.2, 0.25) is 11.8 Å². The molecule has 0 spiro atoms. The molecular weight excluding hydrogens is 194 g/mol. The van der Waals surface area contributed by atoms with Crippen LogP contribution in [0.1, 0.15) is 26.2 Å². The number of hydrogen-bond donors (Lipinski definition) is 2. The van der Waals surface area contributed by atoms with Crippen LogP contribution in [0.5, 0.6) is 0 Å². The van der Waals surface area contributed by atoms with Crippen LogP contribution in [-0.4, -0.2) is 24.9 Å². The highest BCUT2D eigenvalue weighted by Gasteiger charge is 2.50. The summed E-state index contributed by atoms with van der Waals surface area (Å²) in [5, 5.41) is 14.0. The van der Waals surface area contributed by atoms with Crippen molar-refractivity contribution in [1.82, 2.24) is 10.6 Å². The molecule has 0 aromatic carbocycles. The van der Waals surface area contributed by atoms with Crippen molar-refractivity contribution in [1.29, 1.82) is 5.26 Å². The first kappa shape index (κ1) is 11.5. The number of nitriles is 1. The molecule has 0 saturated heterocycles. The average molecular weight is 209 g/mol. The van der Waals surface area contributed by atoms with Gasteiger partial charge in [0, 0.05) is 19.5 Å². The van der Waals surface area contributed by atoms with E-state index in [1.807, 2.05) is 13.0 Å². The maximum atomic E-state index is 11.4. The molecule has 82 valence electrons. The number of nitrogens with one attached hydrogen (secondary N) is 2. The normalized spacial score (nSPS) is 16.3. The minimum atomic E-state index is -0.790. The van der Waals surface area contributed by atoms with Crippen molar-refractivity contribution in [2.45, 2.75) is 26.2 Å². The largest absolute Gasteiger partial charge is 0.356 e. The van der Waals surface area contributed by atoms with Crippen molar-refractivity contribution >= 4 is 11.8 Å². The van der Waals surface area contributed by atoms with Crippen molar-refractivity contribution < 1.29 is 9.59 Å². The molecule has 2 N–H and O–H groups in total. The van der Waals surface area contributed by atoms with Gasteiger partial charge in [0.15, 0.2) is 0 Å². The number of carbonyl (C=O) groups excluding carboxylic acids is 2. The van der Waals surface area contributed by atoms with E-state index in [1.54, 1.807) is 0 Å². The maximum absolute atomic E-state index is 11.4. The zero-order valence-electron chi connectivity index (χ0n) is 8.80. The Balaban J connectivity index is 2.19. The number of amides is 2. The number of carbonyl (C=O) groups is 2. The van der Waals surface area contributed by atoms with Crippen molar-refractivity contribution in [3.63, 3.8) is 0 Å². The molecule has 5 nitrogen and oxygen atoms in total. The van der Waals surface area contributed by atoms with Gasteiger partial charge in [0.1, 0.15) is 5.41 Å². The van der Waals surface area contributed by atoms with E-state index in [0.29, 0.717) is 25.9 Å². The lowest BCUT2D eigenvalue weighted by Crippen LogP contribution is -2.34. The Bertz CT molecular complexity index is 302. The SMILES string of the molecule is CCNC(=O)CCNC(=O)C1(C#N)CC1. The van der Waals surface area contributed by atoms with Crippen LogP contribution in [0, 0.1) is 16.7 Å². The molecule has 0 bridgehead atoms. The van der Waals surface area contributed by atoms with E-state index >= 15 is 0 Å². The smallest absolute Gasteiger partial charge is 0.240 e. The fourth-order valence-electron chi connectivity index (χ4n) is 1.26. The average Bonchev–Trinajstić information content (AvgIpc) is 2.98. The summed E-state index contributed by atoms with van der Waals surface area (Å²) >= 11 is 0. The quantitative estimate of drug-likeness (QED) is 0.665. The van der Waals surface area contributed by atoms with E-state index in [2.05, 4.69) is 10.6 Å². The second-order valence-electron chi connectivity index (χ2n) is 3.65. The fourth-order valence-corrected chi connectivity index (χ4v) is 1.26. The Kier molecular flexibility index (Phi) is 3.67. The Labute approximate surface area is 88.8 Å². The summed E-state index contributed by atoms with van der Waals surface area (Å²) < 4.78 is 0. The molecule has 0 aliphatic heterocycles. The maximum Gasteiger partial charge on any atom is 0.240 e. The standard InChI is InChI=1S/C10H15N3O2/c1-2-12-8(14)3-6-13-9(15)10(7-11)4-5-10/h2-6H2,1H3,(H,12,14)(H,13,15). The molecule has 5 heteroatoms. The molecule has 1 fully saturated rings. The van der Waals surface area contributed by atoms with Crippen LogP contribution in [0.2, 0.25) is 0 Å². The molecule has 0 aromatic rings. The van der Waals surface area contributed by atoms with Crippen molar-refractivity contribution in [3.05, 3.63) is 0 Å². The summed E-state index contributed by atoms with van der Waals surface area (Å²) in [6.45, 7) is 2.73. The lowest BCUT2D eigenvalue weighted by atomic mass is 10.1. The van der Waals surface area contributed by atoms with Crippen LogP contribution in [0.3, 0.4) is 0 Å². The molecule has 0 aromatic heterocycles. The van der Waals surface area contributed by atoms with Gasteiger partial charge in [-0.05, 0) is 19.8 Å². The van der Waals surface area contributed by atoms with Crippen LogP contribution in [-0.2, 0) is 9.59 Å². The summed E-state index contributed by atoms with van der Waals surface area (Å²) in [5.74, 6) is -0.325. The zero-order chi connectivity index (χ0) is 11.3. The molecule has 15 heavy (non-hydrogen) atoms. The van der Waals surface area contributed by atoms with Gasteiger partial charge in [-0.2, -0.15) is 5.26 Å². The first-order valence-electron chi connectivity index (χ1n) is 5.11. The van der Waals surface area contributed by atoms with E-state index < -0.39 is 5.41 Å². The second-order valence-corrected chi connectivity index (χ2v) is 3.65. The summed E-state index contributed by atoms with van der Waals surface area (Å²) in [6.07, 6.45) is 1.54. The Hall–Kier alpha value is -1.57. The highest BCUT2D eigenvalue weighted by atomic mass is 16.2. The minimum absolute atomic E-state index is 0.0837. The first-order chi connectivity index (χ1) is 7.14. The van der Waals surface area contributed by atoms with E-state index in [-0.39, 0.29) is 18.2 Å². The van der Waals surface area contributed by atoms with E-state index in [1.165, 1.54) is 0 Å². The number of rotatable bonds is 5. The number of hydrogen-bond acceptors (Lipinski definition) is 3. The van der Waals surface area contributed by atoms with Crippen molar-refractivity contribution in [3.8, 4) is 6.07 Å². The Morgan fingerprint density at radius 1 is 1.40 bits per heavy atom. The first-order valence-corrected chi connectivity index (χ1v) is 5.11. The van der Waals surface area contributed by atoms with Crippen LogP contribution in [0.4, 0.5) is 0 Å². The highest BCUT2D eigenvalue weighted by molar-refractivity contribution is 5.88. The summed E-state index contributed by atoms with van der Waals surface area (Å²) in [5.41, 5.74) is -0.790. The third-order valence-corrected chi connectivity index (χ3v) is 2.41. The van der Waals surface area contributed by atoms with Crippen LogP contribution in [0.25, 0.3) is 0 Å². The number of nitrogens with zero attached hydrogens (tertiary/aromatic N) is 1. The molecule has 0 heterocycles.